The van der Waals surface area contributed by atoms with Crippen LogP contribution in [0.5, 0.6) is 5.75 Å². The minimum Gasteiger partial charge on any atom is -0.495 e. The van der Waals surface area contributed by atoms with Crippen LogP contribution in [-0.2, 0) is 9.53 Å². The number of piperazine rings is 1. The molecule has 0 saturated carbocycles. The monoisotopic (exact) mass is 494 g/mol. The van der Waals surface area contributed by atoms with Crippen molar-refractivity contribution in [2.75, 3.05) is 56.2 Å². The summed E-state index contributed by atoms with van der Waals surface area (Å²) in [5, 5.41) is 1.72. The molecule has 0 amide bonds. The lowest BCUT2D eigenvalue weighted by molar-refractivity contribution is -0.139. The molecule has 11 heteroatoms. The molecule has 0 bridgehead atoms. The molecule has 1 saturated heterocycles. The lowest BCUT2D eigenvalue weighted by atomic mass is 9.92. The summed E-state index contributed by atoms with van der Waals surface area (Å²) < 4.78 is 66.9. The van der Waals surface area contributed by atoms with Crippen LogP contribution >= 0.6 is 0 Å². The van der Waals surface area contributed by atoms with Crippen molar-refractivity contribution >= 4 is 28.6 Å². The van der Waals surface area contributed by atoms with Crippen LogP contribution in [0.1, 0.15) is 12.5 Å². The van der Waals surface area contributed by atoms with E-state index in [4.69, 9.17) is 15.3 Å². The number of hydrogen-bond donors (Lipinski definition) is 1. The van der Waals surface area contributed by atoms with Gasteiger partial charge in [-0.2, -0.15) is 13.2 Å². The van der Waals surface area contributed by atoms with Crippen molar-refractivity contribution in [1.82, 2.24) is 5.01 Å². The van der Waals surface area contributed by atoms with Crippen molar-refractivity contribution in [3.63, 3.8) is 0 Å². The molecule has 0 atom stereocenters. The summed E-state index contributed by atoms with van der Waals surface area (Å²) in [7, 11) is 1.51. The van der Waals surface area contributed by atoms with Gasteiger partial charge in [0.2, 0.25) is 0 Å². The fraction of sp³-hybridized carbons (Fsp3) is 0.375. The number of nitrogens with two attached hydrogens (primary N) is 1. The molecule has 2 aliphatic heterocycles. The van der Waals surface area contributed by atoms with Gasteiger partial charge in [-0.25, -0.2) is 14.2 Å². The normalized spacial score (nSPS) is 16.9. The summed E-state index contributed by atoms with van der Waals surface area (Å²) in [5.74, 6) is 4.42. The number of carbonyl (C=O) groups excluding carboxylic acids is 1. The molecule has 4 rings (SSSR count). The maximum Gasteiger partial charge on any atom is 0.417 e. The van der Waals surface area contributed by atoms with Crippen molar-refractivity contribution in [3.05, 3.63) is 53.4 Å². The van der Waals surface area contributed by atoms with E-state index in [0.29, 0.717) is 37.6 Å². The van der Waals surface area contributed by atoms with Crippen LogP contribution in [0.3, 0.4) is 0 Å². The Morgan fingerprint density at radius 1 is 1.06 bits per heavy atom. The third kappa shape index (κ3) is 4.92. The van der Waals surface area contributed by atoms with E-state index in [1.807, 2.05) is 6.07 Å². The number of benzene rings is 2. The van der Waals surface area contributed by atoms with E-state index in [2.05, 4.69) is 4.90 Å². The second kappa shape index (κ2) is 9.74. The quantitative estimate of drug-likeness (QED) is 0.385. The Labute approximate surface area is 200 Å². The Morgan fingerprint density at radius 2 is 1.74 bits per heavy atom. The molecular formula is C24H26F4N4O3. The maximum absolute atomic E-state index is 14.1. The van der Waals surface area contributed by atoms with Gasteiger partial charge in [-0.1, -0.05) is 0 Å². The molecule has 2 aliphatic rings. The number of hydrogen-bond acceptors (Lipinski definition) is 7. The van der Waals surface area contributed by atoms with Gasteiger partial charge in [0, 0.05) is 49.2 Å². The molecule has 0 unspecified atom stereocenters. The van der Waals surface area contributed by atoms with Crippen LogP contribution < -0.4 is 20.4 Å². The van der Waals surface area contributed by atoms with Gasteiger partial charge in [0.05, 0.1) is 37.1 Å². The van der Waals surface area contributed by atoms with Crippen molar-refractivity contribution in [2.24, 2.45) is 5.84 Å². The maximum atomic E-state index is 14.1. The number of rotatable bonds is 5. The molecule has 35 heavy (non-hydrogen) atoms. The Kier molecular flexibility index (Phi) is 6.91. The lowest BCUT2D eigenvalue weighted by Crippen LogP contribution is -2.49. The first-order valence-electron chi connectivity index (χ1n) is 11.1. The van der Waals surface area contributed by atoms with Gasteiger partial charge in [-0.3, -0.25) is 5.84 Å². The topological polar surface area (TPSA) is 71.3 Å². The number of carbonyl (C=O) groups is 1. The van der Waals surface area contributed by atoms with Crippen LogP contribution in [0, 0.1) is 5.82 Å². The van der Waals surface area contributed by atoms with E-state index >= 15 is 0 Å². The largest absolute Gasteiger partial charge is 0.495 e. The molecule has 0 aliphatic carbocycles. The van der Waals surface area contributed by atoms with E-state index in [-0.39, 0.29) is 12.3 Å². The first-order chi connectivity index (χ1) is 16.6. The van der Waals surface area contributed by atoms with E-state index in [1.54, 1.807) is 17.1 Å². The second-order valence-corrected chi connectivity index (χ2v) is 8.20. The van der Waals surface area contributed by atoms with E-state index in [1.165, 1.54) is 25.0 Å². The highest BCUT2D eigenvalue weighted by Crippen LogP contribution is 2.47. The molecule has 0 aromatic heterocycles. The Bertz CT molecular complexity index is 1140. The minimum atomic E-state index is -4.89. The lowest BCUT2D eigenvalue weighted by Gasteiger charge is -2.36. The predicted molar refractivity (Wildman–Crippen MR) is 124 cm³/mol. The highest BCUT2D eigenvalue weighted by atomic mass is 19.4. The summed E-state index contributed by atoms with van der Waals surface area (Å²) >= 11 is 0. The molecular weight excluding hydrogens is 468 g/mol. The molecule has 0 spiro atoms. The zero-order chi connectivity index (χ0) is 25.3. The number of alkyl halides is 3. The number of hydrazine groups is 1. The summed E-state index contributed by atoms with van der Waals surface area (Å²) in [6.07, 6.45) is -4.89. The number of fused-ring (bicyclic) bond motifs is 1. The summed E-state index contributed by atoms with van der Waals surface area (Å²) in [4.78, 5) is 16.2. The summed E-state index contributed by atoms with van der Waals surface area (Å²) in [6, 6.07) is 8.41. The first kappa shape index (κ1) is 24.8. The number of ether oxygens (including phenoxy) is 2. The van der Waals surface area contributed by atoms with Gasteiger partial charge in [0.1, 0.15) is 11.6 Å². The van der Waals surface area contributed by atoms with E-state index < -0.39 is 41.2 Å². The van der Waals surface area contributed by atoms with Gasteiger partial charge < -0.3 is 19.3 Å². The minimum absolute atomic E-state index is 0.0952. The fourth-order valence-corrected chi connectivity index (χ4v) is 4.43. The van der Waals surface area contributed by atoms with Crippen LogP contribution in [0.4, 0.5) is 34.6 Å². The average molecular weight is 494 g/mol. The summed E-state index contributed by atoms with van der Waals surface area (Å²) in [6.45, 7) is 3.72. The van der Waals surface area contributed by atoms with E-state index in [9.17, 15) is 22.4 Å². The van der Waals surface area contributed by atoms with Gasteiger partial charge in [-0.15, -0.1) is 0 Å². The molecule has 2 heterocycles. The Morgan fingerprint density at radius 3 is 2.37 bits per heavy atom. The van der Waals surface area contributed by atoms with Gasteiger partial charge >= 0.3 is 12.1 Å². The van der Waals surface area contributed by atoms with Gasteiger partial charge in [-0.05, 0) is 37.3 Å². The van der Waals surface area contributed by atoms with Gasteiger partial charge in [0.25, 0.3) is 0 Å². The number of esters is 1. The molecule has 0 radical (unpaired) electrons. The molecule has 188 valence electrons. The second-order valence-electron chi connectivity index (χ2n) is 8.20. The molecule has 2 aromatic rings. The number of anilines is 3. The number of nitrogens with zero attached hydrogens (tertiary/aromatic N) is 3. The molecule has 2 aromatic carbocycles. The first-order valence-corrected chi connectivity index (χ1v) is 11.1. The zero-order valence-electron chi connectivity index (χ0n) is 19.4. The van der Waals surface area contributed by atoms with Gasteiger partial charge in [0.15, 0.2) is 0 Å². The molecule has 2 N–H and O–H groups in total. The van der Waals surface area contributed by atoms with Crippen LogP contribution in [0.15, 0.2) is 42.0 Å². The molecule has 1 fully saturated rings. The highest BCUT2D eigenvalue weighted by molar-refractivity contribution is 6.04. The number of methoxy groups -OCH3 is 1. The van der Waals surface area contributed by atoms with Crippen molar-refractivity contribution in [2.45, 2.75) is 13.1 Å². The van der Waals surface area contributed by atoms with Crippen LogP contribution in [0.2, 0.25) is 0 Å². The third-order valence-corrected chi connectivity index (χ3v) is 6.07. The average Bonchev–Trinajstić information content (AvgIpc) is 2.82. The number of halogens is 4. The van der Waals surface area contributed by atoms with E-state index in [0.717, 1.165) is 17.8 Å². The smallest absolute Gasteiger partial charge is 0.417 e. The fourth-order valence-electron chi connectivity index (χ4n) is 4.43. The van der Waals surface area contributed by atoms with Crippen molar-refractivity contribution < 1.29 is 31.8 Å². The standard InChI is InChI=1S/C24H26F4N4O3/c1-3-35-23(33)18-14-32(19-6-4-15(25)12-17(19)22(18)24(26,27)28)16-5-7-20(21(13-16)34-2)30-8-10-31(29)11-9-30/h4-7,12-13H,3,8-11,14,29H2,1-2H3. The number of allylic oxidation sites excluding steroid dienone is 1. The SMILES string of the molecule is CCOC(=O)C1=C(C(F)(F)F)c2cc(F)ccc2N(c2ccc(N3CCN(N)CC3)c(OC)c2)C1. The zero-order valence-corrected chi connectivity index (χ0v) is 19.4. The van der Waals surface area contributed by atoms with Crippen LogP contribution in [-0.4, -0.2) is 63.6 Å². The van der Waals surface area contributed by atoms with Crippen molar-refractivity contribution in [1.29, 1.82) is 0 Å². The molecule has 7 nitrogen and oxygen atoms in total. The Hall–Kier alpha value is -3.31. The third-order valence-electron chi connectivity index (χ3n) is 6.07. The summed E-state index contributed by atoms with van der Waals surface area (Å²) in [5.41, 5.74) is -0.770. The Balaban J connectivity index is 1.81. The predicted octanol–water partition coefficient (Wildman–Crippen LogP) is 3.86. The highest BCUT2D eigenvalue weighted by Gasteiger charge is 2.44. The van der Waals surface area contributed by atoms with Crippen LogP contribution in [0.25, 0.3) is 5.57 Å². The van der Waals surface area contributed by atoms with Crippen molar-refractivity contribution in [3.8, 4) is 5.75 Å².